The van der Waals surface area contributed by atoms with Crippen LogP contribution in [0, 0.1) is 0 Å². The van der Waals surface area contributed by atoms with E-state index in [1.807, 2.05) is 12.1 Å². The Bertz CT molecular complexity index is 792. The first kappa shape index (κ1) is 13.2. The van der Waals surface area contributed by atoms with Gasteiger partial charge in [0.2, 0.25) is 0 Å². The molecule has 0 saturated heterocycles. The molecule has 1 aromatic carbocycles. The first-order valence-corrected chi connectivity index (χ1v) is 7.06. The van der Waals surface area contributed by atoms with Gasteiger partial charge >= 0.3 is 5.69 Å². The maximum atomic E-state index is 12.1. The highest BCUT2D eigenvalue weighted by Gasteiger charge is 2.18. The number of benzene rings is 1. The van der Waals surface area contributed by atoms with Gasteiger partial charge in [0.05, 0.1) is 13.2 Å². The number of rotatable bonds is 2. The van der Waals surface area contributed by atoms with Crippen LogP contribution >= 0.6 is 15.9 Å². The average Bonchev–Trinajstić information content (AvgIpc) is 2.87. The Hall–Kier alpha value is -1.82. The number of nitrogens with zero attached hydrogens (tertiary/aromatic N) is 2. The number of hydrogen-bond donors (Lipinski definition) is 0. The van der Waals surface area contributed by atoms with E-state index in [-0.39, 0.29) is 17.8 Å². The monoisotopic (exact) mass is 336 g/mol. The van der Waals surface area contributed by atoms with Gasteiger partial charge in [0.25, 0.3) is 5.56 Å². The third-order valence-electron chi connectivity index (χ3n) is 3.39. The molecule has 5 nitrogen and oxygen atoms in total. The molecule has 20 heavy (non-hydrogen) atoms. The minimum Gasteiger partial charge on any atom is -0.493 e. The van der Waals surface area contributed by atoms with Crippen molar-refractivity contribution in [3.63, 3.8) is 0 Å². The minimum atomic E-state index is -0.329. The summed E-state index contributed by atoms with van der Waals surface area (Å²) in [5.41, 5.74) is 1.32. The smallest absolute Gasteiger partial charge is 0.331 e. The molecule has 6 heteroatoms. The topological polar surface area (TPSA) is 53.2 Å². The molecular weight excluding hydrogens is 324 g/mol. The molecule has 1 aliphatic rings. The molecule has 0 radical (unpaired) electrons. The summed E-state index contributed by atoms with van der Waals surface area (Å²) in [7, 11) is 1.63. The lowest BCUT2D eigenvalue weighted by atomic mass is 10.1. The van der Waals surface area contributed by atoms with E-state index in [1.54, 1.807) is 7.05 Å². The van der Waals surface area contributed by atoms with Crippen LogP contribution in [-0.4, -0.2) is 15.7 Å². The van der Waals surface area contributed by atoms with Crippen molar-refractivity contribution < 1.29 is 4.74 Å². The van der Waals surface area contributed by atoms with E-state index >= 15 is 0 Å². The highest BCUT2D eigenvalue weighted by molar-refractivity contribution is 9.10. The highest BCUT2D eigenvalue weighted by Crippen LogP contribution is 2.33. The van der Waals surface area contributed by atoms with Crippen molar-refractivity contribution in [3.8, 4) is 5.75 Å². The maximum absolute atomic E-state index is 12.1. The Kier molecular flexibility index (Phi) is 3.25. The van der Waals surface area contributed by atoms with Crippen molar-refractivity contribution >= 4 is 15.9 Å². The summed E-state index contributed by atoms with van der Waals surface area (Å²) in [5, 5.41) is 0. The predicted octanol–water partition coefficient (Wildman–Crippen LogP) is 1.29. The lowest BCUT2D eigenvalue weighted by molar-refractivity contribution is 0.352. The van der Waals surface area contributed by atoms with Crippen LogP contribution in [0.15, 0.2) is 38.5 Å². The van der Waals surface area contributed by atoms with E-state index in [1.165, 1.54) is 21.4 Å². The second-order valence-electron chi connectivity index (χ2n) is 4.79. The zero-order valence-electron chi connectivity index (χ0n) is 10.9. The Morgan fingerprint density at radius 2 is 2.15 bits per heavy atom. The molecular formula is C14H13BrN2O3. The van der Waals surface area contributed by atoms with Crippen molar-refractivity contribution in [2.45, 2.75) is 13.0 Å². The van der Waals surface area contributed by atoms with Gasteiger partial charge in [0.15, 0.2) is 0 Å². The molecule has 0 saturated carbocycles. The Labute approximate surface area is 123 Å². The van der Waals surface area contributed by atoms with E-state index in [2.05, 4.69) is 15.9 Å². The minimum absolute atomic E-state index is 0.216. The lowest BCUT2D eigenvalue weighted by Gasteiger charge is -2.11. The summed E-state index contributed by atoms with van der Waals surface area (Å²) in [5.74, 6) is 0.797. The van der Waals surface area contributed by atoms with Crippen molar-refractivity contribution in [1.82, 2.24) is 9.13 Å². The summed E-state index contributed by atoms with van der Waals surface area (Å²) in [6.45, 7) is 0.856. The number of aryl methyl sites for hydroxylation is 1. The van der Waals surface area contributed by atoms with Crippen LogP contribution < -0.4 is 16.0 Å². The van der Waals surface area contributed by atoms with Crippen LogP contribution in [0.4, 0.5) is 0 Å². The fraction of sp³-hybridized carbons (Fsp3) is 0.286. The number of ether oxygens (including phenoxy) is 1. The molecule has 104 valence electrons. The zero-order valence-corrected chi connectivity index (χ0v) is 12.5. The Morgan fingerprint density at radius 1 is 1.35 bits per heavy atom. The Balaban J connectivity index is 2.12. The maximum Gasteiger partial charge on any atom is 0.331 e. The fourth-order valence-corrected chi connectivity index (χ4v) is 2.95. The first-order valence-electron chi connectivity index (χ1n) is 6.27. The standard InChI is InChI=1S/C14H13BrN2O3/c1-16-4-2-12(18)17(14(16)19)8-10-7-11(15)6-9-3-5-20-13(9)10/h2,4,6-7H,3,5,8H2,1H3. The third kappa shape index (κ3) is 2.20. The third-order valence-corrected chi connectivity index (χ3v) is 3.85. The van der Waals surface area contributed by atoms with Crippen LogP contribution in [0.1, 0.15) is 11.1 Å². The number of hydrogen-bond acceptors (Lipinski definition) is 3. The van der Waals surface area contributed by atoms with Crippen molar-refractivity contribution in [2.75, 3.05) is 6.61 Å². The summed E-state index contributed by atoms with van der Waals surface area (Å²) < 4.78 is 9.15. The SMILES string of the molecule is Cn1ccc(=O)n(Cc2cc(Br)cc3c2OCC3)c1=O. The predicted molar refractivity (Wildman–Crippen MR) is 78.4 cm³/mol. The molecule has 0 atom stereocenters. The fourth-order valence-electron chi connectivity index (χ4n) is 2.39. The van der Waals surface area contributed by atoms with E-state index < -0.39 is 0 Å². The highest BCUT2D eigenvalue weighted by atomic mass is 79.9. The van der Waals surface area contributed by atoms with Crippen LogP contribution in [0.5, 0.6) is 5.75 Å². The van der Waals surface area contributed by atoms with E-state index in [0.717, 1.165) is 27.8 Å². The van der Waals surface area contributed by atoms with Gasteiger partial charge in [-0.1, -0.05) is 15.9 Å². The Morgan fingerprint density at radius 3 is 2.95 bits per heavy atom. The molecule has 2 aromatic rings. The van der Waals surface area contributed by atoms with Gasteiger partial charge in [-0.15, -0.1) is 0 Å². The van der Waals surface area contributed by atoms with Crippen LogP contribution in [-0.2, 0) is 20.0 Å². The molecule has 0 amide bonds. The second-order valence-corrected chi connectivity index (χ2v) is 5.70. The van der Waals surface area contributed by atoms with Gasteiger partial charge < -0.3 is 9.30 Å². The summed E-state index contributed by atoms with van der Waals surface area (Å²) in [6.07, 6.45) is 2.33. The van der Waals surface area contributed by atoms with Gasteiger partial charge in [0.1, 0.15) is 5.75 Å². The molecule has 1 aliphatic heterocycles. The van der Waals surface area contributed by atoms with Gasteiger partial charge in [-0.05, 0) is 17.7 Å². The quantitative estimate of drug-likeness (QED) is 0.830. The first-order chi connectivity index (χ1) is 9.56. The molecule has 0 spiro atoms. The number of fused-ring (bicyclic) bond motifs is 1. The largest absolute Gasteiger partial charge is 0.493 e. The van der Waals surface area contributed by atoms with E-state index in [0.29, 0.717) is 6.61 Å². The van der Waals surface area contributed by atoms with Crippen LogP contribution in [0.3, 0.4) is 0 Å². The van der Waals surface area contributed by atoms with Crippen LogP contribution in [0.2, 0.25) is 0 Å². The van der Waals surface area contributed by atoms with Gasteiger partial charge in [-0.25, -0.2) is 4.79 Å². The van der Waals surface area contributed by atoms with Gasteiger partial charge in [-0.3, -0.25) is 9.36 Å². The lowest BCUT2D eigenvalue weighted by Crippen LogP contribution is -2.38. The summed E-state index contributed by atoms with van der Waals surface area (Å²) in [4.78, 5) is 23.9. The summed E-state index contributed by atoms with van der Waals surface area (Å²) >= 11 is 3.45. The molecule has 0 unspecified atom stereocenters. The molecule has 0 N–H and O–H groups in total. The average molecular weight is 337 g/mol. The van der Waals surface area contributed by atoms with Crippen molar-refractivity contribution in [1.29, 1.82) is 0 Å². The normalized spacial score (nSPS) is 13.1. The van der Waals surface area contributed by atoms with Crippen molar-refractivity contribution in [2.24, 2.45) is 7.05 Å². The summed E-state index contributed by atoms with van der Waals surface area (Å²) in [6, 6.07) is 5.29. The van der Waals surface area contributed by atoms with Gasteiger partial charge in [-0.2, -0.15) is 0 Å². The molecule has 3 rings (SSSR count). The van der Waals surface area contributed by atoms with E-state index in [4.69, 9.17) is 4.74 Å². The van der Waals surface area contributed by atoms with Crippen molar-refractivity contribution in [3.05, 3.63) is 60.8 Å². The van der Waals surface area contributed by atoms with Crippen LogP contribution in [0.25, 0.3) is 0 Å². The molecule has 2 heterocycles. The number of aromatic nitrogens is 2. The second kappa shape index (κ2) is 4.94. The van der Waals surface area contributed by atoms with E-state index in [9.17, 15) is 9.59 Å². The molecule has 0 aliphatic carbocycles. The molecule has 1 aromatic heterocycles. The molecule has 0 bridgehead atoms. The number of halogens is 1. The zero-order chi connectivity index (χ0) is 14.3. The van der Waals surface area contributed by atoms with Gasteiger partial charge in [0, 0.05) is 35.8 Å². The molecule has 0 fully saturated rings.